The molecule has 26 heavy (non-hydrogen) atoms. The minimum atomic E-state index is -0.131. The van der Waals surface area contributed by atoms with Gasteiger partial charge in [-0.15, -0.1) is 0 Å². The standard InChI is InChI=1S/C19H25BrN2O4/c1-12(15-8-17-18(9-16(15)20)26-7-6-25-17)21-19(23)22(14-2-3-14)10-13-4-5-24-11-13/h8-9,12-14H,2-7,10-11H2,1H3,(H,21,23)/t12-,13+/m0/s1. The third-order valence-electron chi connectivity index (χ3n) is 5.20. The highest BCUT2D eigenvalue weighted by molar-refractivity contribution is 9.10. The van der Waals surface area contributed by atoms with Gasteiger partial charge in [-0.3, -0.25) is 0 Å². The summed E-state index contributed by atoms with van der Waals surface area (Å²) in [5.41, 5.74) is 0.988. The molecule has 1 aromatic rings. The van der Waals surface area contributed by atoms with E-state index in [1.165, 1.54) is 0 Å². The van der Waals surface area contributed by atoms with E-state index in [4.69, 9.17) is 14.2 Å². The van der Waals surface area contributed by atoms with E-state index in [-0.39, 0.29) is 12.1 Å². The van der Waals surface area contributed by atoms with Gasteiger partial charge in [-0.05, 0) is 43.9 Å². The number of rotatable bonds is 5. The highest BCUT2D eigenvalue weighted by Gasteiger charge is 2.35. The molecule has 3 aliphatic rings. The van der Waals surface area contributed by atoms with Crippen LogP contribution in [-0.4, -0.2) is 49.9 Å². The molecule has 2 heterocycles. The Labute approximate surface area is 162 Å². The van der Waals surface area contributed by atoms with Gasteiger partial charge < -0.3 is 24.4 Å². The summed E-state index contributed by atoms with van der Waals surface area (Å²) >= 11 is 3.60. The van der Waals surface area contributed by atoms with Crippen LogP contribution in [0.3, 0.4) is 0 Å². The molecule has 0 radical (unpaired) electrons. The molecule has 2 fully saturated rings. The van der Waals surface area contributed by atoms with Crippen LogP contribution in [0.25, 0.3) is 0 Å². The summed E-state index contributed by atoms with van der Waals surface area (Å²) in [6.07, 6.45) is 3.24. The van der Waals surface area contributed by atoms with Crippen molar-refractivity contribution in [2.45, 2.75) is 38.3 Å². The van der Waals surface area contributed by atoms with Crippen molar-refractivity contribution in [3.63, 3.8) is 0 Å². The van der Waals surface area contributed by atoms with E-state index in [0.29, 0.717) is 25.2 Å². The zero-order valence-electron chi connectivity index (χ0n) is 15.0. The van der Waals surface area contributed by atoms with Crippen LogP contribution >= 0.6 is 15.9 Å². The second-order valence-electron chi connectivity index (χ2n) is 7.30. The molecule has 6 nitrogen and oxygen atoms in total. The van der Waals surface area contributed by atoms with E-state index in [2.05, 4.69) is 21.2 Å². The molecule has 0 bridgehead atoms. The smallest absolute Gasteiger partial charge is 0.318 e. The number of fused-ring (bicyclic) bond motifs is 1. The Morgan fingerprint density at radius 1 is 1.23 bits per heavy atom. The van der Waals surface area contributed by atoms with Crippen molar-refractivity contribution < 1.29 is 19.0 Å². The fourth-order valence-electron chi connectivity index (χ4n) is 3.55. The third kappa shape index (κ3) is 3.93. The van der Waals surface area contributed by atoms with Gasteiger partial charge >= 0.3 is 6.03 Å². The number of carbonyl (C=O) groups is 1. The fraction of sp³-hybridized carbons (Fsp3) is 0.632. The molecule has 2 aliphatic heterocycles. The second kappa shape index (κ2) is 7.64. The topological polar surface area (TPSA) is 60.0 Å². The maximum atomic E-state index is 12.9. The van der Waals surface area contributed by atoms with Gasteiger partial charge in [0.25, 0.3) is 0 Å². The fourth-order valence-corrected chi connectivity index (χ4v) is 4.21. The van der Waals surface area contributed by atoms with Gasteiger partial charge in [0.15, 0.2) is 11.5 Å². The predicted molar refractivity (Wildman–Crippen MR) is 101 cm³/mol. The first-order chi connectivity index (χ1) is 12.6. The number of nitrogens with one attached hydrogen (secondary N) is 1. The average Bonchev–Trinajstić information content (AvgIpc) is 3.34. The Hall–Kier alpha value is -1.47. The van der Waals surface area contributed by atoms with Crippen LogP contribution in [0.15, 0.2) is 16.6 Å². The van der Waals surface area contributed by atoms with Crippen molar-refractivity contribution in [3.8, 4) is 11.5 Å². The number of halogens is 1. The molecule has 0 spiro atoms. The van der Waals surface area contributed by atoms with Crippen molar-refractivity contribution in [1.29, 1.82) is 0 Å². The summed E-state index contributed by atoms with van der Waals surface area (Å²) < 4.78 is 17.7. The van der Waals surface area contributed by atoms with E-state index < -0.39 is 0 Å². The van der Waals surface area contributed by atoms with E-state index >= 15 is 0 Å². The van der Waals surface area contributed by atoms with Crippen molar-refractivity contribution in [2.75, 3.05) is 33.0 Å². The largest absolute Gasteiger partial charge is 0.486 e. The van der Waals surface area contributed by atoms with E-state index in [0.717, 1.165) is 60.6 Å². The van der Waals surface area contributed by atoms with Crippen LogP contribution in [0, 0.1) is 5.92 Å². The molecule has 2 atom stereocenters. The summed E-state index contributed by atoms with van der Waals surface area (Å²) in [5.74, 6) is 1.93. The van der Waals surface area contributed by atoms with Crippen LogP contribution in [0.2, 0.25) is 0 Å². The van der Waals surface area contributed by atoms with Crippen molar-refractivity contribution in [3.05, 3.63) is 22.2 Å². The first-order valence-electron chi connectivity index (χ1n) is 9.35. The molecule has 1 saturated carbocycles. The number of carbonyl (C=O) groups excluding carboxylic acids is 1. The molecule has 1 N–H and O–H groups in total. The maximum absolute atomic E-state index is 12.9. The zero-order valence-corrected chi connectivity index (χ0v) is 16.6. The number of nitrogens with zero attached hydrogens (tertiary/aromatic N) is 1. The lowest BCUT2D eigenvalue weighted by Gasteiger charge is -2.28. The number of amides is 2. The average molecular weight is 425 g/mol. The van der Waals surface area contributed by atoms with Gasteiger partial charge in [-0.2, -0.15) is 0 Å². The maximum Gasteiger partial charge on any atom is 0.318 e. The number of ether oxygens (including phenoxy) is 3. The van der Waals surface area contributed by atoms with Crippen LogP contribution in [0.5, 0.6) is 11.5 Å². The molecule has 2 amide bonds. The summed E-state index contributed by atoms with van der Waals surface area (Å²) in [5, 5.41) is 3.16. The highest BCUT2D eigenvalue weighted by Crippen LogP contribution is 2.38. The molecule has 4 rings (SSSR count). The van der Waals surface area contributed by atoms with Gasteiger partial charge in [0, 0.05) is 29.6 Å². The van der Waals surface area contributed by atoms with Gasteiger partial charge in [0.05, 0.1) is 12.6 Å². The summed E-state index contributed by atoms with van der Waals surface area (Å²) in [6, 6.07) is 4.13. The Morgan fingerprint density at radius 3 is 2.62 bits per heavy atom. The molecular weight excluding hydrogens is 400 g/mol. The summed E-state index contributed by atoms with van der Waals surface area (Å²) in [7, 11) is 0. The molecule has 0 unspecified atom stereocenters. The van der Waals surface area contributed by atoms with Crippen molar-refractivity contribution in [1.82, 2.24) is 10.2 Å². The minimum Gasteiger partial charge on any atom is -0.486 e. The van der Waals surface area contributed by atoms with Crippen LogP contribution < -0.4 is 14.8 Å². The SMILES string of the molecule is C[C@H](NC(=O)N(C[C@H]1CCOC1)C1CC1)c1cc2c(cc1Br)OCCO2. The molecule has 7 heteroatoms. The second-order valence-corrected chi connectivity index (χ2v) is 8.16. The molecule has 1 aromatic carbocycles. The van der Waals surface area contributed by atoms with Crippen molar-refractivity contribution >= 4 is 22.0 Å². The number of urea groups is 1. The summed E-state index contributed by atoms with van der Waals surface area (Å²) in [4.78, 5) is 14.9. The van der Waals surface area contributed by atoms with Gasteiger partial charge in [0.2, 0.25) is 0 Å². The molecule has 0 aromatic heterocycles. The number of benzene rings is 1. The number of hydrogen-bond acceptors (Lipinski definition) is 4. The lowest BCUT2D eigenvalue weighted by Crippen LogP contribution is -2.44. The van der Waals surface area contributed by atoms with Gasteiger partial charge in [-0.1, -0.05) is 15.9 Å². The third-order valence-corrected chi connectivity index (χ3v) is 5.88. The molecular formula is C19H25BrN2O4. The van der Waals surface area contributed by atoms with Gasteiger partial charge in [0.1, 0.15) is 13.2 Å². The summed E-state index contributed by atoms with van der Waals surface area (Å²) in [6.45, 7) is 5.47. The lowest BCUT2D eigenvalue weighted by molar-refractivity contribution is 0.160. The zero-order chi connectivity index (χ0) is 18.1. The first-order valence-corrected chi connectivity index (χ1v) is 10.1. The first kappa shape index (κ1) is 17.9. The molecule has 1 saturated heterocycles. The van der Waals surface area contributed by atoms with Gasteiger partial charge in [-0.25, -0.2) is 4.79 Å². The van der Waals surface area contributed by atoms with E-state index in [9.17, 15) is 4.79 Å². The minimum absolute atomic E-state index is 0.00805. The van der Waals surface area contributed by atoms with Crippen molar-refractivity contribution in [2.24, 2.45) is 5.92 Å². The van der Waals surface area contributed by atoms with E-state index in [1.54, 1.807) is 0 Å². The quantitative estimate of drug-likeness (QED) is 0.785. The normalized spacial score (nSPS) is 22.8. The highest BCUT2D eigenvalue weighted by atomic mass is 79.9. The Morgan fingerprint density at radius 2 is 1.96 bits per heavy atom. The molecule has 1 aliphatic carbocycles. The number of hydrogen-bond donors (Lipinski definition) is 1. The monoisotopic (exact) mass is 424 g/mol. The van der Waals surface area contributed by atoms with Crippen LogP contribution in [0.1, 0.15) is 37.8 Å². The Bertz CT molecular complexity index is 674. The van der Waals surface area contributed by atoms with Crippen LogP contribution in [-0.2, 0) is 4.74 Å². The Balaban J connectivity index is 1.44. The van der Waals surface area contributed by atoms with Crippen LogP contribution in [0.4, 0.5) is 4.79 Å². The molecule has 142 valence electrons. The lowest BCUT2D eigenvalue weighted by atomic mass is 10.1. The predicted octanol–water partition coefficient (Wildman–Crippen LogP) is 3.49. The van der Waals surface area contributed by atoms with E-state index in [1.807, 2.05) is 24.0 Å². The Kier molecular flexibility index (Phi) is 5.27.